The fourth-order valence-corrected chi connectivity index (χ4v) is 1.86. The number of carbonyl (C=O) groups is 1. The molecule has 7 nitrogen and oxygen atoms in total. The quantitative estimate of drug-likeness (QED) is 0.532. The van der Waals surface area contributed by atoms with Crippen LogP contribution in [0.3, 0.4) is 0 Å². The molecular formula is C7H6N2O5S. The molecule has 0 saturated carbocycles. The molecule has 15 heavy (non-hydrogen) atoms. The largest absolute Gasteiger partial charge is 0.478 e. The topological polar surface area (TPSA) is 128 Å². The van der Waals surface area contributed by atoms with Gasteiger partial charge in [0, 0.05) is 0 Å². The predicted molar refractivity (Wildman–Crippen MR) is 48.0 cm³/mol. The van der Waals surface area contributed by atoms with Crippen molar-refractivity contribution in [3.8, 4) is 0 Å². The summed E-state index contributed by atoms with van der Waals surface area (Å²) in [5.41, 5.74) is 5.62. The van der Waals surface area contributed by atoms with Gasteiger partial charge in [-0.25, -0.2) is 10.3 Å². The minimum atomic E-state index is -4.72. The summed E-state index contributed by atoms with van der Waals surface area (Å²) >= 11 is 0. The molecule has 0 aliphatic carbocycles. The van der Waals surface area contributed by atoms with E-state index in [0.29, 0.717) is 0 Å². The Balaban J connectivity index is 3.70. The first-order valence-corrected chi connectivity index (χ1v) is 5.03. The van der Waals surface area contributed by atoms with Crippen LogP contribution in [-0.4, -0.2) is 24.0 Å². The zero-order valence-electron chi connectivity index (χ0n) is 7.21. The van der Waals surface area contributed by atoms with Crippen LogP contribution in [0.1, 0.15) is 10.4 Å². The van der Waals surface area contributed by atoms with Crippen molar-refractivity contribution < 1.29 is 22.9 Å². The Morgan fingerprint density at radius 1 is 1.40 bits per heavy atom. The second-order valence-corrected chi connectivity index (χ2v) is 3.90. The van der Waals surface area contributed by atoms with Gasteiger partial charge in [-0.2, -0.15) is 13.5 Å². The normalized spacial score (nSPS) is 11.0. The lowest BCUT2D eigenvalue weighted by molar-refractivity contribution is 0.0692. The van der Waals surface area contributed by atoms with E-state index in [1.807, 2.05) is 0 Å². The van der Waals surface area contributed by atoms with Crippen molar-refractivity contribution in [2.75, 3.05) is 0 Å². The molecule has 3 N–H and O–H groups in total. The third-order valence-electron chi connectivity index (χ3n) is 1.60. The standard InChI is InChI=1S/C7H6N2O5S/c8-9-5-3-1-2-4(7(10)11)6(5)15(12,13)14/h1-3,8H,(H,10,11)(H,12,13,14). The molecule has 8 heteroatoms. The Kier molecular flexibility index (Phi) is 2.82. The summed E-state index contributed by atoms with van der Waals surface area (Å²) in [5.74, 6) is -1.52. The van der Waals surface area contributed by atoms with Crippen molar-refractivity contribution in [1.82, 2.24) is 0 Å². The fourth-order valence-electron chi connectivity index (χ4n) is 1.05. The van der Waals surface area contributed by atoms with Crippen LogP contribution < -0.4 is 0 Å². The van der Waals surface area contributed by atoms with Crippen molar-refractivity contribution in [2.24, 2.45) is 5.11 Å². The van der Waals surface area contributed by atoms with Crippen LogP contribution in [0.4, 0.5) is 5.69 Å². The average molecular weight is 230 g/mol. The second-order valence-electron chi connectivity index (χ2n) is 2.55. The minimum Gasteiger partial charge on any atom is -0.478 e. The van der Waals surface area contributed by atoms with E-state index in [4.69, 9.17) is 15.2 Å². The van der Waals surface area contributed by atoms with E-state index >= 15 is 0 Å². The van der Waals surface area contributed by atoms with Crippen molar-refractivity contribution in [1.29, 1.82) is 5.53 Å². The smallest absolute Gasteiger partial charge is 0.337 e. The van der Waals surface area contributed by atoms with Crippen LogP contribution in [-0.2, 0) is 10.1 Å². The van der Waals surface area contributed by atoms with Crippen LogP contribution in [0.15, 0.2) is 28.2 Å². The molecule has 0 fully saturated rings. The first kappa shape index (κ1) is 11.3. The highest BCUT2D eigenvalue weighted by Gasteiger charge is 2.23. The molecule has 0 radical (unpaired) electrons. The number of benzene rings is 1. The van der Waals surface area contributed by atoms with Gasteiger partial charge in [0.1, 0.15) is 10.6 Å². The van der Waals surface area contributed by atoms with E-state index in [9.17, 15) is 13.2 Å². The van der Waals surface area contributed by atoms with Crippen LogP contribution >= 0.6 is 0 Å². The average Bonchev–Trinajstić information content (AvgIpc) is 2.15. The summed E-state index contributed by atoms with van der Waals surface area (Å²) in [4.78, 5) is 9.79. The maximum atomic E-state index is 10.9. The number of hydrogen-bond donors (Lipinski definition) is 3. The summed E-state index contributed by atoms with van der Waals surface area (Å²) in [6, 6.07) is 3.34. The third kappa shape index (κ3) is 2.17. The van der Waals surface area contributed by atoms with Crippen molar-refractivity contribution in [2.45, 2.75) is 4.90 Å². The minimum absolute atomic E-state index is 0.419. The SMILES string of the molecule is N=Nc1cccc(C(=O)O)c1S(=O)(=O)O. The van der Waals surface area contributed by atoms with E-state index < -0.39 is 32.2 Å². The second kappa shape index (κ2) is 3.75. The van der Waals surface area contributed by atoms with E-state index in [2.05, 4.69) is 5.11 Å². The van der Waals surface area contributed by atoms with Gasteiger partial charge in [0.2, 0.25) is 0 Å². The van der Waals surface area contributed by atoms with E-state index in [1.165, 1.54) is 6.07 Å². The molecule has 0 amide bonds. The maximum Gasteiger partial charge on any atom is 0.337 e. The molecule has 0 heterocycles. The summed E-state index contributed by atoms with van der Waals surface area (Å²) in [6.45, 7) is 0. The van der Waals surface area contributed by atoms with Crippen molar-refractivity contribution in [3.63, 3.8) is 0 Å². The summed E-state index contributed by atoms with van der Waals surface area (Å²) < 4.78 is 30.6. The number of nitrogens with zero attached hydrogens (tertiary/aromatic N) is 1. The predicted octanol–water partition coefficient (Wildman–Crippen LogP) is 1.29. The molecule has 0 aliphatic rings. The third-order valence-corrected chi connectivity index (χ3v) is 2.55. The molecule has 0 unspecified atom stereocenters. The zero-order valence-corrected chi connectivity index (χ0v) is 8.02. The van der Waals surface area contributed by atoms with E-state index in [-0.39, 0.29) is 0 Å². The zero-order chi connectivity index (χ0) is 11.6. The highest BCUT2D eigenvalue weighted by molar-refractivity contribution is 7.86. The monoisotopic (exact) mass is 230 g/mol. The van der Waals surface area contributed by atoms with Gasteiger partial charge < -0.3 is 5.11 Å². The van der Waals surface area contributed by atoms with E-state index in [0.717, 1.165) is 12.1 Å². The van der Waals surface area contributed by atoms with Gasteiger partial charge in [0.25, 0.3) is 10.1 Å². The molecule has 0 atom stereocenters. The first-order valence-electron chi connectivity index (χ1n) is 3.59. The summed E-state index contributed by atoms with van der Waals surface area (Å²) in [6.07, 6.45) is 0. The molecule has 0 aromatic heterocycles. The molecule has 1 aromatic carbocycles. The van der Waals surface area contributed by atoms with Gasteiger partial charge in [-0.1, -0.05) is 6.07 Å². The lowest BCUT2D eigenvalue weighted by atomic mass is 10.2. The van der Waals surface area contributed by atoms with Crippen molar-refractivity contribution >= 4 is 21.8 Å². The van der Waals surface area contributed by atoms with Gasteiger partial charge >= 0.3 is 5.97 Å². The molecule has 1 rings (SSSR count). The maximum absolute atomic E-state index is 10.9. The number of rotatable bonds is 3. The Bertz CT molecular complexity index is 522. The Morgan fingerprint density at radius 2 is 2.00 bits per heavy atom. The molecule has 0 spiro atoms. The highest BCUT2D eigenvalue weighted by atomic mass is 32.2. The number of hydrogen-bond acceptors (Lipinski definition) is 5. The molecule has 1 aromatic rings. The van der Waals surface area contributed by atoms with Gasteiger partial charge in [0.15, 0.2) is 0 Å². The Hall–Kier alpha value is -1.80. The number of carboxylic acid groups (broad SMARTS) is 1. The molecule has 80 valence electrons. The van der Waals surface area contributed by atoms with Gasteiger partial charge in [-0.15, -0.1) is 0 Å². The summed E-state index contributed by atoms with van der Waals surface area (Å²) in [7, 11) is -4.72. The molecule has 0 bridgehead atoms. The van der Waals surface area contributed by atoms with Gasteiger partial charge in [-0.05, 0) is 12.1 Å². The molecule has 0 aliphatic heterocycles. The lowest BCUT2D eigenvalue weighted by Gasteiger charge is -2.04. The van der Waals surface area contributed by atoms with E-state index in [1.54, 1.807) is 0 Å². The first-order chi connectivity index (χ1) is 6.88. The van der Waals surface area contributed by atoms with Gasteiger partial charge in [-0.3, -0.25) is 4.55 Å². The number of nitrogens with one attached hydrogen (secondary N) is 1. The van der Waals surface area contributed by atoms with Crippen LogP contribution in [0, 0.1) is 5.53 Å². The molecule has 0 saturated heterocycles. The number of aromatic carboxylic acids is 1. The number of carboxylic acids is 1. The fraction of sp³-hybridized carbons (Fsp3) is 0. The Labute approximate surface area is 84.6 Å². The Morgan fingerprint density at radius 3 is 2.40 bits per heavy atom. The van der Waals surface area contributed by atoms with Crippen LogP contribution in [0.2, 0.25) is 0 Å². The van der Waals surface area contributed by atoms with Gasteiger partial charge in [0.05, 0.1) is 5.56 Å². The lowest BCUT2D eigenvalue weighted by Crippen LogP contribution is -2.08. The van der Waals surface area contributed by atoms with Crippen LogP contribution in [0.5, 0.6) is 0 Å². The molecular weight excluding hydrogens is 224 g/mol. The highest BCUT2D eigenvalue weighted by Crippen LogP contribution is 2.27. The van der Waals surface area contributed by atoms with Crippen molar-refractivity contribution in [3.05, 3.63) is 23.8 Å². The van der Waals surface area contributed by atoms with Crippen LogP contribution in [0.25, 0.3) is 0 Å². The summed E-state index contributed by atoms with van der Waals surface area (Å²) in [5, 5.41) is 11.5.